The molecule has 1 heterocycles. The number of halogens is 1. The van der Waals surface area contributed by atoms with E-state index in [0.29, 0.717) is 11.3 Å². The van der Waals surface area contributed by atoms with Gasteiger partial charge in [0.15, 0.2) is 5.69 Å². The van der Waals surface area contributed by atoms with Gasteiger partial charge in [-0.3, -0.25) is 0 Å². The molecule has 0 bridgehead atoms. The van der Waals surface area contributed by atoms with Crippen molar-refractivity contribution in [1.82, 2.24) is 4.98 Å². The highest BCUT2D eigenvalue weighted by Crippen LogP contribution is 2.22. The number of carbonyl (C=O) groups is 1. The Morgan fingerprint density at radius 2 is 2.00 bits per heavy atom. The van der Waals surface area contributed by atoms with Crippen molar-refractivity contribution < 1.29 is 18.3 Å². The zero-order valence-corrected chi connectivity index (χ0v) is 9.36. The third kappa shape index (κ3) is 2.18. The van der Waals surface area contributed by atoms with E-state index in [1.54, 1.807) is 6.92 Å². The Labute approximate surface area is 97.0 Å². The number of carbonyl (C=O) groups excluding carboxylic acids is 1. The molecule has 0 unspecified atom stereocenters. The van der Waals surface area contributed by atoms with Crippen LogP contribution in [0.5, 0.6) is 0 Å². The normalized spacial score (nSPS) is 10.3. The lowest BCUT2D eigenvalue weighted by molar-refractivity contribution is 0.0593. The van der Waals surface area contributed by atoms with Crippen molar-refractivity contribution in [1.29, 1.82) is 0 Å². The molecular weight excluding hydrogens is 225 g/mol. The van der Waals surface area contributed by atoms with Crippen molar-refractivity contribution >= 4 is 5.97 Å². The number of methoxy groups -OCH3 is 1. The maximum absolute atomic E-state index is 12.7. The smallest absolute Gasteiger partial charge is 0.360 e. The Hall–Kier alpha value is -2.17. The van der Waals surface area contributed by atoms with Crippen molar-refractivity contribution in [3.8, 4) is 11.5 Å². The predicted octanol–water partition coefficient (Wildman–Crippen LogP) is 2.58. The summed E-state index contributed by atoms with van der Waals surface area (Å²) in [5, 5.41) is 0. The highest BCUT2D eigenvalue weighted by Gasteiger charge is 2.18. The third-order valence-electron chi connectivity index (χ3n) is 2.27. The fourth-order valence-electron chi connectivity index (χ4n) is 1.40. The van der Waals surface area contributed by atoms with Crippen LogP contribution < -0.4 is 0 Å². The second-order valence-electron chi connectivity index (χ2n) is 3.42. The van der Waals surface area contributed by atoms with Crippen LogP contribution in [0.4, 0.5) is 4.39 Å². The molecule has 0 aliphatic heterocycles. The Balaban J connectivity index is 2.41. The third-order valence-corrected chi connectivity index (χ3v) is 2.27. The van der Waals surface area contributed by atoms with E-state index >= 15 is 0 Å². The number of hydrogen-bond acceptors (Lipinski definition) is 4. The molecule has 5 heteroatoms. The van der Waals surface area contributed by atoms with E-state index < -0.39 is 5.97 Å². The van der Waals surface area contributed by atoms with Gasteiger partial charge in [-0.25, -0.2) is 14.2 Å². The number of nitrogens with zero attached hydrogens (tertiary/aromatic N) is 1. The molecule has 0 saturated carbocycles. The topological polar surface area (TPSA) is 52.3 Å². The highest BCUT2D eigenvalue weighted by molar-refractivity contribution is 5.88. The van der Waals surface area contributed by atoms with Crippen LogP contribution in [0.1, 0.15) is 16.2 Å². The molecule has 0 N–H and O–H groups in total. The lowest BCUT2D eigenvalue weighted by Crippen LogP contribution is -2.03. The van der Waals surface area contributed by atoms with E-state index in [0.717, 1.165) is 0 Å². The van der Waals surface area contributed by atoms with Crippen molar-refractivity contribution in [2.45, 2.75) is 6.92 Å². The molecular formula is C12H10FNO3. The summed E-state index contributed by atoms with van der Waals surface area (Å²) in [7, 11) is 1.27. The van der Waals surface area contributed by atoms with Gasteiger partial charge < -0.3 is 9.15 Å². The standard InChI is InChI=1S/C12H10FNO3/c1-7-10(12(15)16-2)14-11(17-7)8-3-5-9(13)6-4-8/h3-6H,1-2H3. The molecule has 0 fully saturated rings. The van der Waals surface area contributed by atoms with Crippen LogP contribution >= 0.6 is 0 Å². The second kappa shape index (κ2) is 4.37. The van der Waals surface area contributed by atoms with E-state index in [1.165, 1.54) is 31.4 Å². The number of aryl methyl sites for hydroxylation is 1. The fourth-order valence-corrected chi connectivity index (χ4v) is 1.40. The van der Waals surface area contributed by atoms with Crippen LogP contribution in [0.25, 0.3) is 11.5 Å². The minimum absolute atomic E-state index is 0.131. The van der Waals surface area contributed by atoms with Crippen LogP contribution in [0.15, 0.2) is 28.7 Å². The Kier molecular flexibility index (Phi) is 2.91. The first-order valence-corrected chi connectivity index (χ1v) is 4.93. The molecule has 0 atom stereocenters. The average molecular weight is 235 g/mol. The van der Waals surface area contributed by atoms with Crippen LogP contribution in [-0.4, -0.2) is 18.1 Å². The summed E-state index contributed by atoms with van der Waals surface area (Å²) in [6.45, 7) is 1.62. The molecule has 4 nitrogen and oxygen atoms in total. The number of aromatic nitrogens is 1. The summed E-state index contributed by atoms with van der Waals surface area (Å²) in [5.41, 5.74) is 0.733. The van der Waals surface area contributed by atoms with Crippen LogP contribution in [-0.2, 0) is 4.74 Å². The van der Waals surface area contributed by atoms with Gasteiger partial charge in [0.2, 0.25) is 5.89 Å². The first kappa shape index (κ1) is 11.3. The summed E-state index contributed by atoms with van der Waals surface area (Å²) < 4.78 is 22.6. The molecule has 0 amide bonds. The number of rotatable bonds is 2. The van der Waals surface area contributed by atoms with Gasteiger partial charge >= 0.3 is 5.97 Å². The fraction of sp³-hybridized carbons (Fsp3) is 0.167. The first-order valence-electron chi connectivity index (χ1n) is 4.93. The summed E-state index contributed by atoms with van der Waals surface area (Å²) >= 11 is 0. The van der Waals surface area contributed by atoms with Gasteiger partial charge in [0.05, 0.1) is 7.11 Å². The molecule has 0 aliphatic carbocycles. The van der Waals surface area contributed by atoms with Crippen LogP contribution in [0, 0.1) is 12.7 Å². The molecule has 17 heavy (non-hydrogen) atoms. The molecule has 0 saturated heterocycles. The van der Waals surface area contributed by atoms with E-state index in [-0.39, 0.29) is 17.4 Å². The molecule has 88 valence electrons. The van der Waals surface area contributed by atoms with E-state index in [2.05, 4.69) is 9.72 Å². The summed E-state index contributed by atoms with van der Waals surface area (Å²) in [4.78, 5) is 15.3. The zero-order chi connectivity index (χ0) is 12.4. The molecule has 2 rings (SSSR count). The summed E-state index contributed by atoms with van der Waals surface area (Å²) in [6.07, 6.45) is 0. The largest absolute Gasteiger partial charge is 0.464 e. The average Bonchev–Trinajstić information content (AvgIpc) is 2.71. The van der Waals surface area contributed by atoms with Crippen molar-refractivity contribution in [2.24, 2.45) is 0 Å². The molecule has 2 aromatic rings. The quantitative estimate of drug-likeness (QED) is 0.750. The van der Waals surface area contributed by atoms with Gasteiger partial charge in [-0.2, -0.15) is 0 Å². The minimum atomic E-state index is -0.556. The van der Waals surface area contributed by atoms with Gasteiger partial charge in [0.25, 0.3) is 0 Å². The zero-order valence-electron chi connectivity index (χ0n) is 9.36. The summed E-state index contributed by atoms with van der Waals surface area (Å²) in [6, 6.07) is 5.66. The lowest BCUT2D eigenvalue weighted by Gasteiger charge is -1.93. The molecule has 0 radical (unpaired) electrons. The Bertz CT molecular complexity index is 545. The lowest BCUT2D eigenvalue weighted by atomic mass is 10.2. The number of oxazole rings is 1. The Morgan fingerprint density at radius 1 is 1.35 bits per heavy atom. The molecule has 0 spiro atoms. The second-order valence-corrected chi connectivity index (χ2v) is 3.42. The van der Waals surface area contributed by atoms with Crippen LogP contribution in [0.3, 0.4) is 0 Å². The van der Waals surface area contributed by atoms with E-state index in [1.807, 2.05) is 0 Å². The SMILES string of the molecule is COC(=O)c1nc(-c2ccc(F)cc2)oc1C. The van der Waals surface area contributed by atoms with Crippen LogP contribution in [0.2, 0.25) is 0 Å². The van der Waals surface area contributed by atoms with Gasteiger partial charge in [-0.15, -0.1) is 0 Å². The van der Waals surface area contributed by atoms with Gasteiger partial charge in [0.1, 0.15) is 11.6 Å². The predicted molar refractivity (Wildman–Crippen MR) is 58.0 cm³/mol. The van der Waals surface area contributed by atoms with Crippen molar-refractivity contribution in [3.05, 3.63) is 41.5 Å². The van der Waals surface area contributed by atoms with Gasteiger partial charge in [0, 0.05) is 5.56 Å². The van der Waals surface area contributed by atoms with Crippen molar-refractivity contribution in [3.63, 3.8) is 0 Å². The monoisotopic (exact) mass is 235 g/mol. The Morgan fingerprint density at radius 3 is 2.59 bits per heavy atom. The van der Waals surface area contributed by atoms with Gasteiger partial charge in [-0.05, 0) is 31.2 Å². The van der Waals surface area contributed by atoms with Crippen molar-refractivity contribution in [2.75, 3.05) is 7.11 Å². The minimum Gasteiger partial charge on any atom is -0.464 e. The molecule has 1 aromatic carbocycles. The maximum atomic E-state index is 12.7. The molecule has 1 aromatic heterocycles. The van der Waals surface area contributed by atoms with E-state index in [9.17, 15) is 9.18 Å². The maximum Gasteiger partial charge on any atom is 0.360 e. The number of ether oxygens (including phenoxy) is 1. The van der Waals surface area contributed by atoms with Gasteiger partial charge in [-0.1, -0.05) is 0 Å². The number of benzene rings is 1. The number of esters is 1. The molecule has 0 aliphatic rings. The number of hydrogen-bond donors (Lipinski definition) is 0. The van der Waals surface area contributed by atoms with E-state index in [4.69, 9.17) is 4.42 Å². The highest BCUT2D eigenvalue weighted by atomic mass is 19.1. The summed E-state index contributed by atoms with van der Waals surface area (Å²) in [5.74, 6) is -0.260. The first-order chi connectivity index (χ1) is 8.11.